The Labute approximate surface area is 467 Å². The SMILES string of the molecule is CCCCCCCCCCCCCCC=CC(O)C(COC1OC(COC2OC(CO)C(OC3OC(CO)C(O)C(O)C3O)C(O)C2O)C(O)C(O)C1O)NC(=O)CCCCCCCCCCCCCCCCCCCCC. The fourth-order valence-corrected chi connectivity index (χ4v) is 10.6. The second kappa shape index (κ2) is 43.2. The normalized spacial score (nSPS) is 30.5. The Morgan fingerprint density at radius 1 is 0.462 bits per heavy atom. The van der Waals surface area contributed by atoms with Crippen molar-refractivity contribution in [2.24, 2.45) is 0 Å². The summed E-state index contributed by atoms with van der Waals surface area (Å²) in [5.41, 5.74) is 0. The van der Waals surface area contributed by atoms with Gasteiger partial charge in [-0.05, 0) is 19.3 Å². The van der Waals surface area contributed by atoms with Crippen molar-refractivity contribution in [3.05, 3.63) is 12.2 Å². The third-order valence-electron chi connectivity index (χ3n) is 15.8. The van der Waals surface area contributed by atoms with Crippen LogP contribution in [-0.2, 0) is 33.2 Å². The van der Waals surface area contributed by atoms with Crippen LogP contribution in [0.5, 0.6) is 0 Å². The van der Waals surface area contributed by atoms with Gasteiger partial charge in [-0.15, -0.1) is 0 Å². The highest BCUT2D eigenvalue weighted by Crippen LogP contribution is 2.31. The lowest BCUT2D eigenvalue weighted by Crippen LogP contribution is -2.65. The number of allylic oxidation sites excluding steroid dienone is 1. The van der Waals surface area contributed by atoms with Gasteiger partial charge in [0.05, 0.1) is 38.6 Å². The molecule has 0 bridgehead atoms. The molecule has 17 unspecified atom stereocenters. The van der Waals surface area contributed by atoms with Crippen LogP contribution in [0.15, 0.2) is 12.2 Å². The zero-order chi connectivity index (χ0) is 56.9. The molecule has 17 atom stereocenters. The summed E-state index contributed by atoms with van der Waals surface area (Å²) >= 11 is 0. The Balaban J connectivity index is 1.48. The van der Waals surface area contributed by atoms with E-state index in [1.165, 1.54) is 154 Å². The number of carbonyl (C=O) groups is 1. The van der Waals surface area contributed by atoms with Crippen LogP contribution in [0.1, 0.15) is 226 Å². The highest BCUT2D eigenvalue weighted by Gasteiger charge is 2.52. The molecule has 0 spiro atoms. The van der Waals surface area contributed by atoms with Crippen LogP contribution in [0, 0.1) is 0 Å². The van der Waals surface area contributed by atoms with Gasteiger partial charge in [-0.3, -0.25) is 4.79 Å². The average Bonchev–Trinajstić information content (AvgIpc) is 3.45. The molecular weight excluding hydrogens is 1010 g/mol. The van der Waals surface area contributed by atoms with Gasteiger partial charge in [0.25, 0.3) is 0 Å². The monoisotopic (exact) mass is 1120 g/mol. The van der Waals surface area contributed by atoms with Gasteiger partial charge in [-0.2, -0.15) is 0 Å². The smallest absolute Gasteiger partial charge is 0.220 e. The molecule has 19 nitrogen and oxygen atoms in total. The van der Waals surface area contributed by atoms with Crippen LogP contribution in [0.3, 0.4) is 0 Å². The van der Waals surface area contributed by atoms with Crippen molar-refractivity contribution in [1.82, 2.24) is 5.32 Å². The number of ether oxygens (including phenoxy) is 6. The molecule has 3 fully saturated rings. The molecule has 3 rings (SSSR count). The summed E-state index contributed by atoms with van der Waals surface area (Å²) in [6.45, 7) is 1.97. The lowest BCUT2D eigenvalue weighted by Gasteiger charge is -2.46. The van der Waals surface area contributed by atoms with Crippen molar-refractivity contribution < 1.29 is 89.4 Å². The minimum atomic E-state index is -1.89. The van der Waals surface area contributed by atoms with Crippen LogP contribution >= 0.6 is 0 Å². The first-order chi connectivity index (χ1) is 37.8. The van der Waals surface area contributed by atoms with Crippen LogP contribution in [-0.4, -0.2) is 193 Å². The van der Waals surface area contributed by atoms with Gasteiger partial charge in [0.2, 0.25) is 5.91 Å². The van der Waals surface area contributed by atoms with E-state index in [0.29, 0.717) is 6.42 Å². The van der Waals surface area contributed by atoms with E-state index in [2.05, 4.69) is 19.2 Å². The van der Waals surface area contributed by atoms with Gasteiger partial charge in [-0.1, -0.05) is 212 Å². The molecule has 0 aromatic heterocycles. The Morgan fingerprint density at radius 3 is 1.32 bits per heavy atom. The third kappa shape index (κ3) is 27.3. The first-order valence-corrected chi connectivity index (χ1v) is 30.9. The van der Waals surface area contributed by atoms with Crippen LogP contribution in [0.2, 0.25) is 0 Å². The minimum Gasteiger partial charge on any atom is -0.394 e. The Morgan fingerprint density at radius 2 is 0.846 bits per heavy atom. The molecular formula is C59H111NO18. The number of aliphatic hydroxyl groups is 11. The highest BCUT2D eigenvalue weighted by molar-refractivity contribution is 5.76. The van der Waals surface area contributed by atoms with Gasteiger partial charge < -0.3 is 89.9 Å². The van der Waals surface area contributed by atoms with Crippen molar-refractivity contribution in [2.45, 2.75) is 330 Å². The molecule has 78 heavy (non-hydrogen) atoms. The van der Waals surface area contributed by atoms with E-state index >= 15 is 0 Å². The van der Waals surface area contributed by atoms with Gasteiger partial charge >= 0.3 is 0 Å². The lowest BCUT2D eigenvalue weighted by atomic mass is 9.97. The van der Waals surface area contributed by atoms with Crippen LogP contribution in [0.25, 0.3) is 0 Å². The molecule has 1 amide bonds. The number of hydrogen-bond acceptors (Lipinski definition) is 18. The Bertz CT molecular complexity index is 1480. The lowest BCUT2D eigenvalue weighted by molar-refractivity contribution is -0.364. The zero-order valence-electron chi connectivity index (χ0n) is 47.9. The van der Waals surface area contributed by atoms with Crippen molar-refractivity contribution in [1.29, 1.82) is 0 Å². The number of nitrogens with one attached hydrogen (secondary N) is 1. The number of aliphatic hydroxyl groups excluding tert-OH is 11. The summed E-state index contributed by atoms with van der Waals surface area (Å²) in [4.78, 5) is 13.3. The van der Waals surface area contributed by atoms with E-state index < -0.39 is 124 Å². The molecule has 0 aromatic carbocycles. The van der Waals surface area contributed by atoms with Gasteiger partial charge in [-0.25, -0.2) is 0 Å². The fraction of sp³-hybridized carbons (Fsp3) is 0.949. The predicted molar refractivity (Wildman–Crippen MR) is 296 cm³/mol. The first kappa shape index (κ1) is 70.8. The zero-order valence-corrected chi connectivity index (χ0v) is 47.9. The number of amides is 1. The standard InChI is InChI=1S/C59H111NO18/c1-3-5-7-9-11-13-15-17-19-20-21-22-23-25-27-29-31-33-35-37-47(64)60-42(43(63)36-34-32-30-28-26-24-18-16-14-12-10-8-6-4-2)40-73-57-53(70)51(68)49(66)46(77-57)41-74-58-55(72)52(69)56(45(39-62)76-58)78-59-54(71)50(67)48(65)44(38-61)75-59/h34,36,42-46,48-59,61-63,65-72H,3-33,35,37-41H2,1-2H3,(H,60,64). The molecule has 460 valence electrons. The molecule has 19 heteroatoms. The van der Waals surface area contributed by atoms with E-state index in [1.807, 2.05) is 6.08 Å². The van der Waals surface area contributed by atoms with Crippen molar-refractivity contribution in [3.63, 3.8) is 0 Å². The summed E-state index contributed by atoms with van der Waals surface area (Å²) in [6.07, 6.45) is 16.6. The maximum absolute atomic E-state index is 13.3. The summed E-state index contributed by atoms with van der Waals surface area (Å²) < 4.78 is 34.1. The molecule has 3 heterocycles. The molecule has 0 radical (unpaired) electrons. The highest BCUT2D eigenvalue weighted by atomic mass is 16.8. The maximum atomic E-state index is 13.3. The first-order valence-electron chi connectivity index (χ1n) is 30.9. The quantitative estimate of drug-likeness (QED) is 0.0254. The summed E-state index contributed by atoms with van der Waals surface area (Å²) in [7, 11) is 0. The summed E-state index contributed by atoms with van der Waals surface area (Å²) in [5, 5.41) is 120. The average molecular weight is 1120 g/mol. The van der Waals surface area contributed by atoms with E-state index in [9.17, 15) is 61.0 Å². The molecule has 0 aromatic rings. The van der Waals surface area contributed by atoms with Gasteiger partial charge in [0, 0.05) is 6.42 Å². The van der Waals surface area contributed by atoms with E-state index in [0.717, 1.165) is 44.9 Å². The largest absolute Gasteiger partial charge is 0.394 e. The van der Waals surface area contributed by atoms with E-state index in [4.69, 9.17) is 28.4 Å². The Kier molecular flexibility index (Phi) is 39.2. The summed E-state index contributed by atoms with van der Waals surface area (Å²) in [5.74, 6) is -0.272. The molecule has 0 saturated carbocycles. The second-order valence-corrected chi connectivity index (χ2v) is 22.6. The second-order valence-electron chi connectivity index (χ2n) is 22.6. The van der Waals surface area contributed by atoms with E-state index in [-0.39, 0.29) is 18.9 Å². The number of hydrogen-bond donors (Lipinski definition) is 12. The number of rotatable bonds is 46. The van der Waals surface area contributed by atoms with Crippen molar-refractivity contribution in [2.75, 3.05) is 26.4 Å². The third-order valence-corrected chi connectivity index (χ3v) is 15.8. The maximum Gasteiger partial charge on any atom is 0.220 e. The number of unbranched alkanes of at least 4 members (excludes halogenated alkanes) is 30. The van der Waals surface area contributed by atoms with Crippen molar-refractivity contribution >= 4 is 5.91 Å². The number of carbonyl (C=O) groups excluding carboxylic acids is 1. The molecule has 3 aliphatic rings. The molecule has 3 saturated heterocycles. The topological polar surface area (TPSA) is 307 Å². The summed E-state index contributed by atoms with van der Waals surface area (Å²) in [6, 6.07) is -0.966. The van der Waals surface area contributed by atoms with Gasteiger partial charge in [0.1, 0.15) is 73.2 Å². The fourth-order valence-electron chi connectivity index (χ4n) is 10.6. The predicted octanol–water partition coefficient (Wildman–Crippen LogP) is 5.77. The molecule has 3 aliphatic heterocycles. The molecule has 12 N–H and O–H groups in total. The minimum absolute atomic E-state index is 0.249. The Hall–Kier alpha value is -1.47. The van der Waals surface area contributed by atoms with Crippen LogP contribution < -0.4 is 5.32 Å². The van der Waals surface area contributed by atoms with Crippen molar-refractivity contribution in [3.8, 4) is 0 Å². The molecule has 0 aliphatic carbocycles. The van der Waals surface area contributed by atoms with E-state index in [1.54, 1.807) is 6.08 Å². The van der Waals surface area contributed by atoms with Gasteiger partial charge in [0.15, 0.2) is 18.9 Å². The van der Waals surface area contributed by atoms with Crippen LogP contribution in [0.4, 0.5) is 0 Å².